The predicted molar refractivity (Wildman–Crippen MR) is 288 cm³/mol. The van der Waals surface area contributed by atoms with Crippen molar-refractivity contribution in [3.8, 4) is 78.1 Å². The van der Waals surface area contributed by atoms with Gasteiger partial charge in [-0.1, -0.05) is 200 Å². The SMILES string of the molecule is c1ccc(-c2cccc(-c3cccc4c3c3cc(-c5ccc6c(c5)c5ccccc5n6-c5ccc(-c6ccccc6)cc5-c5ccccc5)ccc3n4-c3cccc(-c4ccccc4)c3)c2)cc1. The number of fused-ring (bicyclic) bond motifs is 6. The summed E-state index contributed by atoms with van der Waals surface area (Å²) in [4.78, 5) is 0. The number of nitrogens with zero attached hydrogens (tertiary/aromatic N) is 2. The summed E-state index contributed by atoms with van der Waals surface area (Å²) in [6, 6.07) is 97.5. The molecule has 2 heterocycles. The fourth-order valence-corrected chi connectivity index (χ4v) is 10.5. The Bertz CT molecular complexity index is 3990. The highest BCUT2D eigenvalue weighted by molar-refractivity contribution is 6.17. The van der Waals surface area contributed by atoms with Gasteiger partial charge in [-0.2, -0.15) is 0 Å². The van der Waals surface area contributed by atoms with Gasteiger partial charge in [-0.15, -0.1) is 0 Å². The number of aromatic nitrogens is 2. The molecule has 13 rings (SSSR count). The summed E-state index contributed by atoms with van der Waals surface area (Å²) in [5, 5.41) is 4.91. The van der Waals surface area contributed by atoms with Gasteiger partial charge in [-0.25, -0.2) is 0 Å². The summed E-state index contributed by atoms with van der Waals surface area (Å²) in [5.41, 5.74) is 21.4. The first kappa shape index (κ1) is 39.4. The third-order valence-electron chi connectivity index (χ3n) is 13.7. The molecule has 0 aliphatic carbocycles. The van der Waals surface area contributed by atoms with Crippen molar-refractivity contribution in [1.29, 1.82) is 0 Å². The molecule has 0 fully saturated rings. The molecule has 0 bridgehead atoms. The average Bonchev–Trinajstić information content (AvgIpc) is 3.94. The van der Waals surface area contributed by atoms with E-state index in [9.17, 15) is 0 Å². The van der Waals surface area contributed by atoms with Crippen LogP contribution in [-0.4, -0.2) is 9.13 Å². The molecule has 0 spiro atoms. The van der Waals surface area contributed by atoms with Gasteiger partial charge in [0.25, 0.3) is 0 Å². The Morgan fingerprint density at radius 1 is 0.206 bits per heavy atom. The molecule has 0 saturated heterocycles. The van der Waals surface area contributed by atoms with Crippen LogP contribution in [0, 0.1) is 0 Å². The van der Waals surface area contributed by atoms with Gasteiger partial charge in [-0.3, -0.25) is 0 Å². The van der Waals surface area contributed by atoms with E-state index in [1.165, 1.54) is 110 Å². The summed E-state index contributed by atoms with van der Waals surface area (Å²) in [6.45, 7) is 0. The van der Waals surface area contributed by atoms with Gasteiger partial charge in [0.05, 0.1) is 27.8 Å². The molecule has 0 aliphatic rings. The summed E-state index contributed by atoms with van der Waals surface area (Å²) in [6.07, 6.45) is 0. The standard InChI is InChI=1S/C66H44N2/c1-5-18-45(19-6-1)49-26-15-28-54(40-49)56-31-17-33-65-66(56)60-44-53(36-39-64(60)67(65)55-29-16-27-50(41-55)46-20-7-2-8-21-46)52-35-38-63-59(43-52)57-30-13-14-32-61(57)68(63)62-37-34-51(47-22-9-3-10-23-47)42-58(62)48-24-11-4-12-25-48/h1-44H. The molecule has 2 aromatic heterocycles. The van der Waals surface area contributed by atoms with Crippen molar-refractivity contribution in [2.45, 2.75) is 0 Å². The highest BCUT2D eigenvalue weighted by Crippen LogP contribution is 2.43. The van der Waals surface area contributed by atoms with Gasteiger partial charge in [0.2, 0.25) is 0 Å². The first-order valence-corrected chi connectivity index (χ1v) is 23.4. The molecule has 2 nitrogen and oxygen atoms in total. The van der Waals surface area contributed by atoms with Gasteiger partial charge in [0.15, 0.2) is 0 Å². The molecule has 68 heavy (non-hydrogen) atoms. The zero-order valence-electron chi connectivity index (χ0n) is 37.3. The smallest absolute Gasteiger partial charge is 0.0547 e. The number of benzene rings is 11. The van der Waals surface area contributed by atoms with Crippen molar-refractivity contribution in [2.75, 3.05) is 0 Å². The second kappa shape index (κ2) is 16.5. The van der Waals surface area contributed by atoms with E-state index in [2.05, 4.69) is 276 Å². The van der Waals surface area contributed by atoms with E-state index in [4.69, 9.17) is 0 Å². The van der Waals surface area contributed by atoms with Crippen molar-refractivity contribution in [2.24, 2.45) is 0 Å². The van der Waals surface area contributed by atoms with E-state index >= 15 is 0 Å². The molecule has 0 amide bonds. The number of hydrogen-bond donors (Lipinski definition) is 0. The van der Waals surface area contributed by atoms with E-state index in [1.807, 2.05) is 0 Å². The van der Waals surface area contributed by atoms with Crippen molar-refractivity contribution in [3.63, 3.8) is 0 Å². The lowest BCUT2D eigenvalue weighted by Crippen LogP contribution is -1.98. The zero-order chi connectivity index (χ0) is 45.0. The fourth-order valence-electron chi connectivity index (χ4n) is 10.5. The van der Waals surface area contributed by atoms with Crippen LogP contribution in [0.3, 0.4) is 0 Å². The van der Waals surface area contributed by atoms with Gasteiger partial charge >= 0.3 is 0 Å². The van der Waals surface area contributed by atoms with Crippen LogP contribution >= 0.6 is 0 Å². The number of para-hydroxylation sites is 1. The largest absolute Gasteiger partial charge is 0.309 e. The Hall–Kier alpha value is -8.98. The lowest BCUT2D eigenvalue weighted by atomic mass is 9.95. The molecule has 2 heteroatoms. The maximum Gasteiger partial charge on any atom is 0.0547 e. The Morgan fingerprint density at radius 2 is 0.662 bits per heavy atom. The molecular weight excluding hydrogens is 821 g/mol. The van der Waals surface area contributed by atoms with Crippen LogP contribution in [0.4, 0.5) is 0 Å². The predicted octanol–water partition coefficient (Wildman–Crippen LogP) is 17.9. The minimum atomic E-state index is 1.13. The minimum Gasteiger partial charge on any atom is -0.309 e. The molecule has 0 aliphatic heterocycles. The molecule has 0 atom stereocenters. The topological polar surface area (TPSA) is 9.86 Å². The molecular formula is C66H44N2. The van der Waals surface area contributed by atoms with Crippen LogP contribution < -0.4 is 0 Å². The summed E-state index contributed by atoms with van der Waals surface area (Å²) in [5.74, 6) is 0. The van der Waals surface area contributed by atoms with Crippen LogP contribution in [0.15, 0.2) is 267 Å². The summed E-state index contributed by atoms with van der Waals surface area (Å²) in [7, 11) is 0. The van der Waals surface area contributed by atoms with E-state index in [-0.39, 0.29) is 0 Å². The van der Waals surface area contributed by atoms with Crippen LogP contribution in [0.5, 0.6) is 0 Å². The highest BCUT2D eigenvalue weighted by atomic mass is 15.0. The van der Waals surface area contributed by atoms with E-state index in [0.29, 0.717) is 0 Å². The monoisotopic (exact) mass is 864 g/mol. The average molecular weight is 865 g/mol. The second-order valence-corrected chi connectivity index (χ2v) is 17.7. The van der Waals surface area contributed by atoms with Gasteiger partial charge in [0.1, 0.15) is 0 Å². The highest BCUT2D eigenvalue weighted by Gasteiger charge is 2.20. The maximum atomic E-state index is 2.46. The van der Waals surface area contributed by atoms with Gasteiger partial charge in [0, 0.05) is 32.8 Å². The fraction of sp³-hybridized carbons (Fsp3) is 0. The lowest BCUT2D eigenvalue weighted by Gasteiger charge is -2.16. The van der Waals surface area contributed by atoms with Crippen LogP contribution in [-0.2, 0) is 0 Å². The van der Waals surface area contributed by atoms with E-state index in [0.717, 1.165) is 11.4 Å². The van der Waals surface area contributed by atoms with E-state index in [1.54, 1.807) is 0 Å². The van der Waals surface area contributed by atoms with Crippen molar-refractivity contribution < 1.29 is 0 Å². The summed E-state index contributed by atoms with van der Waals surface area (Å²) >= 11 is 0. The Kier molecular flexibility index (Phi) is 9.54. The first-order valence-electron chi connectivity index (χ1n) is 23.4. The van der Waals surface area contributed by atoms with Crippen molar-refractivity contribution >= 4 is 43.6 Å². The quantitative estimate of drug-likeness (QED) is 0.144. The van der Waals surface area contributed by atoms with E-state index < -0.39 is 0 Å². The second-order valence-electron chi connectivity index (χ2n) is 17.7. The van der Waals surface area contributed by atoms with Crippen LogP contribution in [0.1, 0.15) is 0 Å². The zero-order valence-corrected chi connectivity index (χ0v) is 37.3. The lowest BCUT2D eigenvalue weighted by molar-refractivity contribution is 1.18. The molecule has 11 aromatic carbocycles. The van der Waals surface area contributed by atoms with Gasteiger partial charge < -0.3 is 9.13 Å². The van der Waals surface area contributed by atoms with Crippen LogP contribution in [0.2, 0.25) is 0 Å². The molecule has 0 radical (unpaired) electrons. The molecule has 0 N–H and O–H groups in total. The number of hydrogen-bond acceptors (Lipinski definition) is 0. The first-order chi connectivity index (χ1) is 33.7. The van der Waals surface area contributed by atoms with Crippen molar-refractivity contribution in [3.05, 3.63) is 267 Å². The third kappa shape index (κ3) is 6.73. The normalized spacial score (nSPS) is 11.5. The minimum absolute atomic E-state index is 1.13. The molecule has 13 aromatic rings. The Balaban J connectivity index is 1.01. The van der Waals surface area contributed by atoms with Crippen molar-refractivity contribution in [1.82, 2.24) is 9.13 Å². The van der Waals surface area contributed by atoms with Crippen LogP contribution in [0.25, 0.3) is 122 Å². The maximum absolute atomic E-state index is 2.46. The molecule has 0 saturated carbocycles. The Labute approximate surface area is 395 Å². The number of rotatable bonds is 8. The molecule has 0 unspecified atom stereocenters. The summed E-state index contributed by atoms with van der Waals surface area (Å²) < 4.78 is 4.91. The Morgan fingerprint density at radius 3 is 1.34 bits per heavy atom. The molecule has 318 valence electrons. The van der Waals surface area contributed by atoms with Gasteiger partial charge in [-0.05, 0) is 128 Å². The third-order valence-corrected chi connectivity index (χ3v) is 13.7.